The zero-order valence-corrected chi connectivity index (χ0v) is 10.1. The van der Waals surface area contributed by atoms with Crippen molar-refractivity contribution in [3.63, 3.8) is 0 Å². The van der Waals surface area contributed by atoms with Crippen molar-refractivity contribution in [1.82, 2.24) is 4.90 Å². The van der Waals surface area contributed by atoms with Crippen molar-refractivity contribution in [3.05, 3.63) is 0 Å². The molecule has 0 aromatic carbocycles. The van der Waals surface area contributed by atoms with Gasteiger partial charge in [-0.3, -0.25) is 4.79 Å². The number of halogens is 3. The average molecular weight is 269 g/mol. The summed E-state index contributed by atoms with van der Waals surface area (Å²) in [6, 6.07) is 0.132. The van der Waals surface area contributed by atoms with E-state index >= 15 is 0 Å². The number of hydrogen-bond donors (Lipinski definition) is 1. The lowest BCUT2D eigenvalue weighted by molar-refractivity contribution is -0.175. The van der Waals surface area contributed by atoms with Gasteiger partial charge in [0.2, 0.25) is 5.91 Å². The molecule has 0 atom stereocenters. The number of aliphatic hydroxyl groups excluding tert-OH is 1. The lowest BCUT2D eigenvalue weighted by Crippen LogP contribution is -2.46. The molecule has 1 aliphatic carbocycles. The van der Waals surface area contributed by atoms with Gasteiger partial charge in [-0.1, -0.05) is 0 Å². The number of ether oxygens (including phenoxy) is 1. The summed E-state index contributed by atoms with van der Waals surface area (Å²) < 4.78 is 39.8. The zero-order valence-electron chi connectivity index (χ0n) is 10.1. The average Bonchev–Trinajstić information content (AvgIpc) is 2.19. The molecule has 0 aromatic rings. The summed E-state index contributed by atoms with van der Waals surface area (Å²) >= 11 is 0. The van der Waals surface area contributed by atoms with Gasteiger partial charge in [0.05, 0.1) is 19.6 Å². The molecule has 0 bridgehead atoms. The number of hydrogen-bond acceptors (Lipinski definition) is 3. The Morgan fingerprint density at radius 2 is 2.06 bits per heavy atom. The van der Waals surface area contributed by atoms with Gasteiger partial charge in [-0.2, -0.15) is 13.2 Å². The van der Waals surface area contributed by atoms with Gasteiger partial charge in [0.25, 0.3) is 0 Å². The molecule has 0 aromatic heterocycles. The molecule has 0 unspecified atom stereocenters. The van der Waals surface area contributed by atoms with Crippen molar-refractivity contribution in [3.8, 4) is 0 Å². The summed E-state index contributed by atoms with van der Waals surface area (Å²) in [6.07, 6.45) is -1.59. The SMILES string of the molecule is O=C(CCOCC(F)(F)F)N(CCO)C1CCC1. The normalized spacial score (nSPS) is 16.4. The van der Waals surface area contributed by atoms with Gasteiger partial charge in [0.1, 0.15) is 6.61 Å². The number of carbonyl (C=O) groups is 1. The number of amides is 1. The van der Waals surface area contributed by atoms with E-state index in [0.717, 1.165) is 19.3 Å². The highest BCUT2D eigenvalue weighted by atomic mass is 19.4. The van der Waals surface area contributed by atoms with E-state index in [-0.39, 0.29) is 38.1 Å². The molecule has 0 saturated heterocycles. The first-order chi connectivity index (χ1) is 8.44. The number of rotatable bonds is 7. The van der Waals surface area contributed by atoms with Crippen molar-refractivity contribution in [1.29, 1.82) is 0 Å². The van der Waals surface area contributed by atoms with Crippen LogP contribution in [0, 0.1) is 0 Å². The van der Waals surface area contributed by atoms with Crippen LogP contribution in [0.25, 0.3) is 0 Å². The number of aliphatic hydroxyl groups is 1. The predicted octanol–water partition coefficient (Wildman–Crippen LogP) is 1.33. The molecule has 0 spiro atoms. The first-order valence-corrected chi connectivity index (χ1v) is 5.99. The van der Waals surface area contributed by atoms with Crippen molar-refractivity contribution in [2.75, 3.05) is 26.4 Å². The zero-order chi connectivity index (χ0) is 13.6. The van der Waals surface area contributed by atoms with Crippen molar-refractivity contribution < 1.29 is 27.8 Å². The molecule has 0 radical (unpaired) electrons. The van der Waals surface area contributed by atoms with Crippen LogP contribution < -0.4 is 0 Å². The second-order valence-electron chi connectivity index (χ2n) is 4.31. The van der Waals surface area contributed by atoms with Gasteiger partial charge in [-0.15, -0.1) is 0 Å². The van der Waals surface area contributed by atoms with Gasteiger partial charge < -0.3 is 14.7 Å². The van der Waals surface area contributed by atoms with Crippen molar-refractivity contribution in [2.45, 2.75) is 37.9 Å². The standard InChI is InChI=1S/C11H18F3NO3/c12-11(13,14)8-18-7-4-10(17)15(5-6-16)9-2-1-3-9/h9,16H,1-8H2. The maximum atomic E-state index is 11.8. The molecular weight excluding hydrogens is 251 g/mol. The fourth-order valence-electron chi connectivity index (χ4n) is 1.81. The summed E-state index contributed by atoms with van der Waals surface area (Å²) in [5, 5.41) is 8.86. The Morgan fingerprint density at radius 3 is 2.50 bits per heavy atom. The van der Waals surface area contributed by atoms with E-state index in [0.29, 0.717) is 0 Å². The third-order valence-corrected chi connectivity index (χ3v) is 2.90. The molecular formula is C11H18F3NO3. The third kappa shape index (κ3) is 5.22. The molecule has 106 valence electrons. The summed E-state index contributed by atoms with van der Waals surface area (Å²) in [7, 11) is 0. The van der Waals surface area contributed by atoms with E-state index in [1.807, 2.05) is 0 Å². The monoisotopic (exact) mass is 269 g/mol. The first-order valence-electron chi connectivity index (χ1n) is 5.99. The maximum absolute atomic E-state index is 11.8. The van der Waals surface area contributed by atoms with Crippen molar-refractivity contribution in [2.24, 2.45) is 0 Å². The molecule has 18 heavy (non-hydrogen) atoms. The van der Waals surface area contributed by atoms with Crippen LogP contribution in [0.2, 0.25) is 0 Å². The number of nitrogens with zero attached hydrogens (tertiary/aromatic N) is 1. The number of alkyl halides is 3. The lowest BCUT2D eigenvalue weighted by Gasteiger charge is -2.37. The van der Waals surface area contributed by atoms with E-state index in [4.69, 9.17) is 5.11 Å². The largest absolute Gasteiger partial charge is 0.411 e. The Hall–Kier alpha value is -0.820. The molecule has 1 saturated carbocycles. The molecule has 1 N–H and O–H groups in total. The second-order valence-corrected chi connectivity index (χ2v) is 4.31. The van der Waals surface area contributed by atoms with Crippen LogP contribution in [0.15, 0.2) is 0 Å². The van der Waals surface area contributed by atoms with Crippen molar-refractivity contribution >= 4 is 5.91 Å². The number of carbonyl (C=O) groups excluding carboxylic acids is 1. The highest BCUT2D eigenvalue weighted by Crippen LogP contribution is 2.25. The molecule has 0 aliphatic heterocycles. The fraction of sp³-hybridized carbons (Fsp3) is 0.909. The predicted molar refractivity (Wildman–Crippen MR) is 57.9 cm³/mol. The smallest absolute Gasteiger partial charge is 0.395 e. The molecule has 1 rings (SSSR count). The summed E-state index contributed by atoms with van der Waals surface area (Å²) in [6.45, 7) is -1.47. The Balaban J connectivity index is 2.24. The van der Waals surface area contributed by atoms with Gasteiger partial charge in [-0.25, -0.2) is 0 Å². The Bertz CT molecular complexity index is 267. The van der Waals surface area contributed by atoms with E-state index in [2.05, 4.69) is 4.74 Å². The Kier molecular flexibility index (Phi) is 5.87. The van der Waals surface area contributed by atoms with Gasteiger partial charge in [-0.05, 0) is 19.3 Å². The van der Waals surface area contributed by atoms with Gasteiger partial charge in [0, 0.05) is 12.6 Å². The topological polar surface area (TPSA) is 49.8 Å². The minimum absolute atomic E-state index is 0.0768. The van der Waals surface area contributed by atoms with Crippen LogP contribution in [0.5, 0.6) is 0 Å². The third-order valence-electron chi connectivity index (χ3n) is 2.90. The van der Waals surface area contributed by atoms with E-state index in [9.17, 15) is 18.0 Å². The Labute approximate surface area is 104 Å². The van der Waals surface area contributed by atoms with Crippen LogP contribution in [0.3, 0.4) is 0 Å². The Morgan fingerprint density at radius 1 is 1.39 bits per heavy atom. The molecule has 4 nitrogen and oxygen atoms in total. The summed E-state index contributed by atoms with van der Waals surface area (Å²) in [5.41, 5.74) is 0. The highest BCUT2D eigenvalue weighted by Gasteiger charge is 2.29. The van der Waals surface area contributed by atoms with Crippen LogP contribution in [0.4, 0.5) is 13.2 Å². The minimum atomic E-state index is -4.36. The molecule has 1 fully saturated rings. The fourth-order valence-corrected chi connectivity index (χ4v) is 1.81. The summed E-state index contributed by atoms with van der Waals surface area (Å²) in [5.74, 6) is -0.254. The maximum Gasteiger partial charge on any atom is 0.411 e. The minimum Gasteiger partial charge on any atom is -0.395 e. The molecule has 1 aliphatic rings. The van der Waals surface area contributed by atoms with Crippen LogP contribution >= 0.6 is 0 Å². The second kappa shape index (κ2) is 6.94. The van der Waals surface area contributed by atoms with Crippen LogP contribution in [-0.4, -0.2) is 54.5 Å². The quantitative estimate of drug-likeness (QED) is 0.709. The highest BCUT2D eigenvalue weighted by molar-refractivity contribution is 5.76. The van der Waals surface area contributed by atoms with E-state index in [1.165, 1.54) is 0 Å². The lowest BCUT2D eigenvalue weighted by atomic mass is 9.91. The van der Waals surface area contributed by atoms with E-state index in [1.54, 1.807) is 4.90 Å². The van der Waals surface area contributed by atoms with Gasteiger partial charge >= 0.3 is 6.18 Å². The first kappa shape index (κ1) is 15.2. The van der Waals surface area contributed by atoms with E-state index < -0.39 is 12.8 Å². The molecule has 1 amide bonds. The van der Waals surface area contributed by atoms with Gasteiger partial charge in [0.15, 0.2) is 0 Å². The molecule has 7 heteroatoms. The van der Waals surface area contributed by atoms with Crippen LogP contribution in [0.1, 0.15) is 25.7 Å². The summed E-state index contributed by atoms with van der Waals surface area (Å²) in [4.78, 5) is 13.3. The molecule has 0 heterocycles. The van der Waals surface area contributed by atoms with Crippen LogP contribution in [-0.2, 0) is 9.53 Å².